The Morgan fingerprint density at radius 1 is 1.11 bits per heavy atom. The molecule has 2 aromatic carbocycles. The van der Waals surface area contributed by atoms with Gasteiger partial charge in [0, 0.05) is 35.4 Å². The van der Waals surface area contributed by atoms with Gasteiger partial charge in [-0.3, -0.25) is 9.78 Å². The fourth-order valence-electron chi connectivity index (χ4n) is 4.79. The van der Waals surface area contributed by atoms with Crippen LogP contribution < -0.4 is 10.6 Å². The topological polar surface area (TPSA) is 70.4 Å². The molecule has 8 heteroatoms. The van der Waals surface area contributed by atoms with Gasteiger partial charge in [-0.25, -0.2) is 0 Å². The van der Waals surface area contributed by atoms with E-state index in [4.69, 9.17) is 28.2 Å². The lowest BCUT2D eigenvalue weighted by atomic mass is 10.0. The molecule has 0 saturated carbocycles. The van der Waals surface area contributed by atoms with Gasteiger partial charge in [0.1, 0.15) is 17.6 Å². The first-order valence-corrected chi connectivity index (χ1v) is 13.3. The van der Waals surface area contributed by atoms with Crippen molar-refractivity contribution in [1.29, 1.82) is 0 Å². The summed E-state index contributed by atoms with van der Waals surface area (Å²) in [5.41, 5.74) is 5.68. The van der Waals surface area contributed by atoms with Crippen molar-refractivity contribution in [3.8, 4) is 11.3 Å². The van der Waals surface area contributed by atoms with E-state index < -0.39 is 0 Å². The Balaban J connectivity index is 1.42. The molecule has 1 fully saturated rings. The number of anilines is 1. The Hall–Kier alpha value is -3.68. The lowest BCUT2D eigenvalue weighted by Gasteiger charge is -2.26. The summed E-state index contributed by atoms with van der Waals surface area (Å²) in [5, 5.41) is 7.70. The van der Waals surface area contributed by atoms with Crippen LogP contribution in [0.4, 0.5) is 5.69 Å². The lowest BCUT2D eigenvalue weighted by molar-refractivity contribution is -0.116. The first-order valence-electron chi connectivity index (χ1n) is 12.5. The van der Waals surface area contributed by atoms with Crippen molar-refractivity contribution in [3.05, 3.63) is 106 Å². The summed E-state index contributed by atoms with van der Waals surface area (Å²) in [4.78, 5) is 19.5. The Kier molecular flexibility index (Phi) is 7.49. The summed E-state index contributed by atoms with van der Waals surface area (Å²) in [6.45, 7) is 6.39. The number of nitrogens with zero attached hydrogens (tertiary/aromatic N) is 2. The van der Waals surface area contributed by atoms with E-state index in [2.05, 4.69) is 15.6 Å². The van der Waals surface area contributed by atoms with Crippen LogP contribution in [0.15, 0.2) is 77.3 Å². The van der Waals surface area contributed by atoms with Crippen molar-refractivity contribution in [2.24, 2.45) is 0 Å². The van der Waals surface area contributed by atoms with Crippen molar-refractivity contribution in [1.82, 2.24) is 15.2 Å². The van der Waals surface area contributed by atoms with Crippen LogP contribution in [0.25, 0.3) is 11.3 Å². The van der Waals surface area contributed by atoms with E-state index in [0.717, 1.165) is 45.2 Å². The van der Waals surface area contributed by atoms with Crippen LogP contribution in [-0.4, -0.2) is 27.4 Å². The predicted molar refractivity (Wildman–Crippen MR) is 155 cm³/mol. The highest BCUT2D eigenvalue weighted by molar-refractivity contribution is 7.80. The average Bonchev–Trinajstić information content (AvgIpc) is 3.51. The minimum absolute atomic E-state index is 0.0729. The molecule has 1 aliphatic rings. The molecule has 0 radical (unpaired) electrons. The maximum atomic E-state index is 12.9. The van der Waals surface area contributed by atoms with Crippen LogP contribution in [0.1, 0.15) is 46.6 Å². The van der Waals surface area contributed by atoms with E-state index in [0.29, 0.717) is 16.7 Å². The van der Waals surface area contributed by atoms with Gasteiger partial charge in [-0.05, 0) is 86.1 Å². The third-order valence-corrected chi connectivity index (χ3v) is 7.66. The molecule has 6 nitrogen and oxygen atoms in total. The summed E-state index contributed by atoms with van der Waals surface area (Å²) in [5.74, 6) is 1.39. The minimum atomic E-state index is -0.279. The Bertz CT molecular complexity index is 1490. The fourth-order valence-corrected chi connectivity index (χ4v) is 5.30. The van der Waals surface area contributed by atoms with E-state index >= 15 is 0 Å². The second kappa shape index (κ2) is 11.0. The van der Waals surface area contributed by atoms with Crippen LogP contribution in [0.3, 0.4) is 0 Å². The van der Waals surface area contributed by atoms with Gasteiger partial charge in [-0.15, -0.1) is 0 Å². The fraction of sp³-hybridized carbons (Fsp3) is 0.233. The molecule has 4 aromatic rings. The van der Waals surface area contributed by atoms with Crippen LogP contribution in [-0.2, 0) is 4.79 Å². The van der Waals surface area contributed by atoms with E-state index in [1.54, 1.807) is 6.20 Å². The number of hydrogen-bond donors (Lipinski definition) is 2. The molecule has 194 valence electrons. The normalized spacial score (nSPS) is 16.9. The molecule has 38 heavy (non-hydrogen) atoms. The highest BCUT2D eigenvalue weighted by Crippen LogP contribution is 2.41. The van der Waals surface area contributed by atoms with Crippen LogP contribution in [0.2, 0.25) is 5.02 Å². The third kappa shape index (κ3) is 5.30. The highest BCUT2D eigenvalue weighted by atomic mass is 35.5. The number of pyridine rings is 1. The van der Waals surface area contributed by atoms with E-state index in [9.17, 15) is 4.79 Å². The number of aromatic nitrogens is 1. The summed E-state index contributed by atoms with van der Waals surface area (Å²) < 4.78 is 6.42. The summed E-state index contributed by atoms with van der Waals surface area (Å²) >= 11 is 12.1. The third-order valence-electron chi connectivity index (χ3n) is 6.90. The molecule has 2 aromatic heterocycles. The molecule has 3 heterocycles. The van der Waals surface area contributed by atoms with Gasteiger partial charge in [0.2, 0.25) is 5.91 Å². The SMILES string of the molecule is Cc1ccc(C)c(NC(=O)CCN2C(=S)N[C@@H](c3ccccn3)[C@H]2c2ccc(-c3cccc(Cl)c3C)o2)c1. The zero-order valence-corrected chi connectivity index (χ0v) is 23.1. The first-order chi connectivity index (χ1) is 18.3. The summed E-state index contributed by atoms with van der Waals surface area (Å²) in [6.07, 6.45) is 2.03. The molecular weight excluding hydrogens is 516 g/mol. The standard InChI is InChI=1S/C30H29ClN4O2S/c1-18-10-11-19(2)24(17-18)33-27(36)14-16-35-29(28(34-30(35)38)23-9-4-5-15-32-23)26-13-12-25(37-26)21-7-6-8-22(31)20(21)3/h4-13,15,17,28-29H,14,16H2,1-3H3,(H,33,36)(H,34,38)/t28-,29+/m0/s1. The molecule has 0 aliphatic carbocycles. The smallest absolute Gasteiger partial charge is 0.226 e. The number of nitrogens with one attached hydrogen (secondary N) is 2. The number of benzene rings is 2. The van der Waals surface area contributed by atoms with E-state index in [1.807, 2.05) is 92.4 Å². The predicted octanol–water partition coefficient (Wildman–Crippen LogP) is 6.92. The molecule has 1 amide bonds. The molecule has 1 saturated heterocycles. The van der Waals surface area contributed by atoms with Gasteiger partial charge < -0.3 is 20.0 Å². The van der Waals surface area contributed by atoms with E-state index in [1.165, 1.54) is 0 Å². The number of carbonyl (C=O) groups is 1. The van der Waals surface area contributed by atoms with Gasteiger partial charge in [0.05, 0.1) is 11.7 Å². The van der Waals surface area contributed by atoms with Crippen molar-refractivity contribution in [2.75, 3.05) is 11.9 Å². The zero-order valence-electron chi connectivity index (χ0n) is 21.5. The average molecular weight is 545 g/mol. The molecule has 5 rings (SSSR count). The maximum absolute atomic E-state index is 12.9. The van der Waals surface area contributed by atoms with Gasteiger partial charge in [-0.1, -0.05) is 41.9 Å². The first kappa shape index (κ1) is 25.9. The monoisotopic (exact) mass is 544 g/mol. The number of halogens is 1. The highest BCUT2D eigenvalue weighted by Gasteiger charge is 2.41. The lowest BCUT2D eigenvalue weighted by Crippen LogP contribution is -2.32. The zero-order chi connectivity index (χ0) is 26.8. The van der Waals surface area contributed by atoms with Gasteiger partial charge in [0.25, 0.3) is 0 Å². The van der Waals surface area contributed by atoms with Crippen molar-refractivity contribution < 1.29 is 9.21 Å². The molecule has 2 N–H and O–H groups in total. The van der Waals surface area contributed by atoms with Gasteiger partial charge in [-0.2, -0.15) is 0 Å². The van der Waals surface area contributed by atoms with E-state index in [-0.39, 0.29) is 24.4 Å². The number of amides is 1. The van der Waals surface area contributed by atoms with Crippen molar-refractivity contribution in [2.45, 2.75) is 39.3 Å². The van der Waals surface area contributed by atoms with Gasteiger partial charge in [0.15, 0.2) is 5.11 Å². The second-order valence-electron chi connectivity index (χ2n) is 9.55. The Morgan fingerprint density at radius 3 is 2.74 bits per heavy atom. The number of aryl methyl sites for hydroxylation is 2. The molecule has 0 spiro atoms. The number of carbonyl (C=O) groups excluding carboxylic acids is 1. The largest absolute Gasteiger partial charge is 0.459 e. The van der Waals surface area contributed by atoms with Crippen LogP contribution >= 0.6 is 23.8 Å². The number of rotatable bonds is 7. The number of hydrogen-bond acceptors (Lipinski definition) is 4. The number of thiocarbonyl (C=S) groups is 1. The minimum Gasteiger partial charge on any atom is -0.459 e. The molecular formula is C30H29ClN4O2S. The molecule has 0 bridgehead atoms. The van der Waals surface area contributed by atoms with Crippen LogP contribution in [0.5, 0.6) is 0 Å². The Morgan fingerprint density at radius 2 is 1.95 bits per heavy atom. The van der Waals surface area contributed by atoms with Crippen molar-refractivity contribution >= 4 is 40.5 Å². The summed E-state index contributed by atoms with van der Waals surface area (Å²) in [6, 6.07) is 21.0. The molecule has 2 atom stereocenters. The van der Waals surface area contributed by atoms with Crippen LogP contribution in [0, 0.1) is 20.8 Å². The van der Waals surface area contributed by atoms with Crippen molar-refractivity contribution in [3.63, 3.8) is 0 Å². The maximum Gasteiger partial charge on any atom is 0.226 e. The molecule has 1 aliphatic heterocycles. The number of furan rings is 1. The Labute approximate surface area is 233 Å². The van der Waals surface area contributed by atoms with Gasteiger partial charge >= 0.3 is 0 Å². The summed E-state index contributed by atoms with van der Waals surface area (Å²) in [7, 11) is 0. The second-order valence-corrected chi connectivity index (χ2v) is 10.3. The quantitative estimate of drug-likeness (QED) is 0.246. The molecule has 0 unspecified atom stereocenters.